The Morgan fingerprint density at radius 2 is 1.38 bits per heavy atom. The quantitative estimate of drug-likeness (QED) is 0.188. The van der Waals surface area contributed by atoms with Crippen LogP contribution in [0.15, 0.2) is 56.5 Å². The van der Waals surface area contributed by atoms with Crippen LogP contribution in [0.4, 0.5) is 0 Å². The highest BCUT2D eigenvalue weighted by Crippen LogP contribution is 2.37. The van der Waals surface area contributed by atoms with Gasteiger partial charge in [-0.15, -0.1) is 0 Å². The van der Waals surface area contributed by atoms with E-state index < -0.39 is 8.80 Å². The molecule has 5 aromatic rings. The van der Waals surface area contributed by atoms with E-state index in [4.69, 9.17) is 22.4 Å². The van der Waals surface area contributed by atoms with E-state index in [-0.39, 0.29) is 17.7 Å². The van der Waals surface area contributed by atoms with E-state index in [2.05, 4.69) is 0 Å². The maximum absolute atomic E-state index is 13.4. The van der Waals surface area contributed by atoms with Crippen LogP contribution in [0.2, 0.25) is 6.04 Å². The molecule has 0 amide bonds. The van der Waals surface area contributed by atoms with Gasteiger partial charge in [0.2, 0.25) is 0 Å². The van der Waals surface area contributed by atoms with Crippen LogP contribution in [0.25, 0.3) is 43.5 Å². The monoisotopic (exact) mass is 479 g/mol. The van der Waals surface area contributed by atoms with Crippen LogP contribution in [0.1, 0.15) is 6.42 Å². The van der Waals surface area contributed by atoms with Crippen molar-refractivity contribution < 1.29 is 22.4 Å². The maximum atomic E-state index is 13.4. The Morgan fingerprint density at radius 3 is 2.03 bits per heavy atom. The van der Waals surface area contributed by atoms with Gasteiger partial charge >= 0.3 is 8.80 Å². The minimum Gasteiger partial charge on any atom is -0.497 e. The van der Waals surface area contributed by atoms with E-state index >= 15 is 0 Å². The smallest absolute Gasteiger partial charge is 0.497 e. The summed E-state index contributed by atoms with van der Waals surface area (Å²) in [5.41, 5.74) is 0.682. The van der Waals surface area contributed by atoms with Gasteiger partial charge in [0.05, 0.1) is 7.11 Å². The molecular formula is C25H25NO7Si. The third kappa shape index (κ3) is 3.31. The molecule has 0 aliphatic carbocycles. The molecule has 0 aliphatic rings. The minimum atomic E-state index is -2.80. The van der Waals surface area contributed by atoms with Crippen molar-refractivity contribution in [3.63, 3.8) is 0 Å². The third-order valence-corrected chi connectivity index (χ3v) is 9.40. The molecule has 9 heteroatoms. The van der Waals surface area contributed by atoms with Crippen molar-refractivity contribution in [1.29, 1.82) is 0 Å². The SMILES string of the molecule is COc1ccc2oc3ccc4c(=O)n(CCC[Si](OC)(OC)OC)c(=O)c5ccc(c2c1)c3c45. The second-order valence-electron chi connectivity index (χ2n) is 8.15. The van der Waals surface area contributed by atoms with Crippen molar-refractivity contribution in [3.05, 3.63) is 63.2 Å². The highest BCUT2D eigenvalue weighted by molar-refractivity contribution is 6.60. The zero-order valence-electron chi connectivity index (χ0n) is 19.5. The van der Waals surface area contributed by atoms with Gasteiger partial charge in [-0.25, -0.2) is 0 Å². The van der Waals surface area contributed by atoms with Crippen LogP contribution >= 0.6 is 0 Å². The van der Waals surface area contributed by atoms with E-state index in [9.17, 15) is 9.59 Å². The fourth-order valence-corrected chi connectivity index (χ4v) is 6.48. The normalized spacial score (nSPS) is 12.5. The Labute approximate surface area is 195 Å². The summed E-state index contributed by atoms with van der Waals surface area (Å²) < 4.78 is 29.2. The van der Waals surface area contributed by atoms with E-state index in [1.807, 2.05) is 24.3 Å². The number of hydrogen-bond donors (Lipinski definition) is 0. The average Bonchev–Trinajstić information content (AvgIpc) is 2.88. The molecule has 3 aromatic carbocycles. The van der Waals surface area contributed by atoms with Gasteiger partial charge in [0.25, 0.3) is 11.1 Å². The molecule has 0 unspecified atom stereocenters. The first-order valence-electron chi connectivity index (χ1n) is 10.9. The largest absolute Gasteiger partial charge is 0.500 e. The number of nitrogens with zero attached hydrogens (tertiary/aromatic N) is 1. The Bertz CT molecular complexity index is 1590. The number of benzene rings is 3. The second kappa shape index (κ2) is 8.52. The molecule has 0 radical (unpaired) electrons. The van der Waals surface area contributed by atoms with Gasteiger partial charge < -0.3 is 22.4 Å². The van der Waals surface area contributed by atoms with E-state index in [1.54, 1.807) is 46.6 Å². The van der Waals surface area contributed by atoms with Crippen LogP contribution in [0.3, 0.4) is 0 Å². The first kappa shape index (κ1) is 22.5. The van der Waals surface area contributed by atoms with Crippen molar-refractivity contribution in [3.8, 4) is 5.75 Å². The summed E-state index contributed by atoms with van der Waals surface area (Å²) in [5, 5.41) is 4.13. The molecule has 176 valence electrons. The summed E-state index contributed by atoms with van der Waals surface area (Å²) in [6.07, 6.45) is 0.504. The summed E-state index contributed by atoms with van der Waals surface area (Å²) in [5.74, 6) is 0.701. The second-order valence-corrected chi connectivity index (χ2v) is 11.2. The standard InChI is InChI=1S/C25H25NO7Si/c1-29-15-6-10-20-19(14-15)16-7-8-17-22-18(9-11-21(33-20)23(16)22)25(28)26(24(17)27)12-5-13-34(30-2,31-3)32-4/h6-11,14H,5,12-13H2,1-4H3. The molecule has 2 heterocycles. The zero-order valence-corrected chi connectivity index (χ0v) is 20.5. The number of aromatic nitrogens is 1. The van der Waals surface area contributed by atoms with Crippen LogP contribution in [-0.4, -0.2) is 41.8 Å². The van der Waals surface area contributed by atoms with Crippen molar-refractivity contribution in [1.82, 2.24) is 4.57 Å². The Balaban J connectivity index is 1.70. The highest BCUT2D eigenvalue weighted by Gasteiger charge is 2.37. The molecule has 0 bridgehead atoms. The molecule has 0 spiro atoms. The Morgan fingerprint density at radius 1 is 0.765 bits per heavy atom. The number of ether oxygens (including phenoxy) is 1. The number of pyridine rings is 1. The lowest BCUT2D eigenvalue weighted by Crippen LogP contribution is -2.43. The van der Waals surface area contributed by atoms with Crippen LogP contribution in [0.5, 0.6) is 5.75 Å². The first-order chi connectivity index (χ1) is 16.5. The summed E-state index contributed by atoms with van der Waals surface area (Å²) in [6.45, 7) is 0.240. The molecule has 0 saturated heterocycles. The lowest BCUT2D eigenvalue weighted by atomic mass is 9.96. The lowest BCUT2D eigenvalue weighted by molar-refractivity contribution is 0.122. The minimum absolute atomic E-state index is 0.240. The van der Waals surface area contributed by atoms with E-state index in [1.165, 1.54) is 4.57 Å². The van der Waals surface area contributed by atoms with Crippen molar-refractivity contribution >= 4 is 52.3 Å². The van der Waals surface area contributed by atoms with Crippen LogP contribution < -0.4 is 15.9 Å². The fourth-order valence-electron chi connectivity index (χ4n) is 4.78. The maximum Gasteiger partial charge on any atom is 0.500 e. The van der Waals surface area contributed by atoms with E-state index in [0.29, 0.717) is 45.5 Å². The van der Waals surface area contributed by atoms with E-state index in [0.717, 1.165) is 16.2 Å². The van der Waals surface area contributed by atoms with Gasteiger partial charge in [-0.05, 0) is 48.2 Å². The van der Waals surface area contributed by atoms with Gasteiger partial charge in [0, 0.05) is 60.8 Å². The number of methoxy groups -OCH3 is 1. The molecule has 34 heavy (non-hydrogen) atoms. The van der Waals surface area contributed by atoms with Gasteiger partial charge in [-0.3, -0.25) is 14.2 Å². The molecule has 0 fully saturated rings. The van der Waals surface area contributed by atoms with Crippen LogP contribution in [-0.2, 0) is 19.8 Å². The lowest BCUT2D eigenvalue weighted by Gasteiger charge is -2.24. The van der Waals surface area contributed by atoms with Crippen molar-refractivity contribution in [2.24, 2.45) is 0 Å². The summed E-state index contributed by atoms with van der Waals surface area (Å²) in [7, 11) is 3.45. The highest BCUT2D eigenvalue weighted by atomic mass is 28.4. The number of fused-ring (bicyclic) bond motifs is 2. The van der Waals surface area contributed by atoms with Gasteiger partial charge in [0.15, 0.2) is 0 Å². The summed E-state index contributed by atoms with van der Waals surface area (Å²) in [6, 6.07) is 13.3. The first-order valence-corrected chi connectivity index (χ1v) is 12.9. The number of rotatable bonds is 8. The van der Waals surface area contributed by atoms with Gasteiger partial charge in [-0.2, -0.15) is 0 Å². The molecule has 0 saturated carbocycles. The third-order valence-electron chi connectivity index (χ3n) is 6.57. The average molecular weight is 480 g/mol. The summed E-state index contributed by atoms with van der Waals surface area (Å²) >= 11 is 0. The fraction of sp³-hybridized carbons (Fsp3) is 0.280. The van der Waals surface area contributed by atoms with Gasteiger partial charge in [-0.1, -0.05) is 6.07 Å². The van der Waals surface area contributed by atoms with Crippen molar-refractivity contribution in [2.75, 3.05) is 28.4 Å². The topological polar surface area (TPSA) is 89.1 Å². The van der Waals surface area contributed by atoms with Crippen molar-refractivity contribution in [2.45, 2.75) is 19.0 Å². The summed E-state index contributed by atoms with van der Waals surface area (Å²) in [4.78, 5) is 26.8. The predicted molar refractivity (Wildman–Crippen MR) is 133 cm³/mol. The van der Waals surface area contributed by atoms with Crippen LogP contribution in [0, 0.1) is 0 Å². The molecule has 0 aliphatic heterocycles. The molecule has 8 nitrogen and oxygen atoms in total. The molecular weight excluding hydrogens is 454 g/mol. The predicted octanol–water partition coefficient (Wildman–Crippen LogP) is 4.13. The molecule has 0 N–H and O–H groups in total. The zero-order chi connectivity index (χ0) is 24.0. The Kier molecular flexibility index (Phi) is 5.65. The van der Waals surface area contributed by atoms with Gasteiger partial charge in [0.1, 0.15) is 16.9 Å². The number of hydrogen-bond acceptors (Lipinski definition) is 7. The Hall–Kier alpha value is -3.24. The molecule has 2 aromatic heterocycles. The molecule has 0 atom stereocenters. The molecule has 5 rings (SSSR count).